The number of fused-ring (bicyclic) bond motifs is 1. The first kappa shape index (κ1) is 22.5. The molecule has 1 unspecified atom stereocenters. The average Bonchev–Trinajstić information content (AvgIpc) is 2.67. The van der Waals surface area contributed by atoms with E-state index in [1.165, 1.54) is 6.07 Å². The number of carbonyl (C=O) groups excluding carboxylic acids is 1. The smallest absolute Gasteiger partial charge is 0.336 e. The fourth-order valence-electron chi connectivity index (χ4n) is 3.21. The van der Waals surface area contributed by atoms with Crippen molar-refractivity contribution in [2.45, 2.75) is 66.0 Å². The van der Waals surface area contributed by atoms with Crippen LogP contribution in [0.3, 0.4) is 0 Å². The van der Waals surface area contributed by atoms with Gasteiger partial charge in [-0.25, -0.2) is 9.59 Å². The minimum Gasteiger partial charge on any atom is -0.480 e. The minimum atomic E-state index is -1.08. The van der Waals surface area contributed by atoms with Crippen LogP contribution in [0.4, 0.5) is 0 Å². The number of hydrogen-bond donors (Lipinski definition) is 2. The molecule has 1 amide bonds. The molecule has 2 N–H and O–H groups in total. The molecular weight excluding hydrogens is 374 g/mol. The molecule has 2 rings (SSSR count). The summed E-state index contributed by atoms with van der Waals surface area (Å²) in [6, 6.07) is 4.08. The Hall–Kier alpha value is -2.83. The molecule has 0 saturated heterocycles. The monoisotopic (exact) mass is 403 g/mol. The Morgan fingerprint density at radius 2 is 1.93 bits per heavy atom. The Balaban J connectivity index is 2.27. The van der Waals surface area contributed by atoms with Crippen molar-refractivity contribution < 1.29 is 23.8 Å². The lowest BCUT2D eigenvalue weighted by Gasteiger charge is -2.23. The van der Waals surface area contributed by atoms with E-state index in [0.29, 0.717) is 23.3 Å². The third-order valence-corrected chi connectivity index (χ3v) is 5.17. The fraction of sp³-hybridized carbons (Fsp3) is 0.500. The van der Waals surface area contributed by atoms with Crippen molar-refractivity contribution in [1.82, 2.24) is 5.32 Å². The number of carbonyl (C=O) groups is 2. The lowest BCUT2D eigenvalue weighted by atomic mass is 9.99. The molecule has 0 aliphatic rings. The Morgan fingerprint density at radius 3 is 2.52 bits per heavy atom. The van der Waals surface area contributed by atoms with E-state index in [4.69, 9.17) is 9.15 Å². The van der Waals surface area contributed by atoms with Gasteiger partial charge in [-0.1, -0.05) is 33.6 Å². The molecule has 0 aliphatic heterocycles. The second-order valence-electron chi connectivity index (χ2n) is 7.38. The molecule has 0 spiro atoms. The first-order chi connectivity index (χ1) is 13.7. The van der Waals surface area contributed by atoms with Gasteiger partial charge in [-0.15, -0.1) is 0 Å². The summed E-state index contributed by atoms with van der Waals surface area (Å²) >= 11 is 0. The number of ether oxygens (including phenoxy) is 1. The third kappa shape index (κ3) is 5.16. The van der Waals surface area contributed by atoms with Crippen LogP contribution < -0.4 is 15.7 Å². The number of rotatable bonds is 9. The lowest BCUT2D eigenvalue weighted by molar-refractivity contribution is -0.144. The summed E-state index contributed by atoms with van der Waals surface area (Å²) in [5.41, 5.74) is 1.55. The second kappa shape index (κ2) is 9.58. The Morgan fingerprint density at radius 1 is 1.24 bits per heavy atom. The van der Waals surface area contributed by atoms with E-state index in [1.54, 1.807) is 26.8 Å². The van der Waals surface area contributed by atoms with Gasteiger partial charge >= 0.3 is 11.6 Å². The van der Waals surface area contributed by atoms with Gasteiger partial charge in [0.05, 0.1) is 0 Å². The summed E-state index contributed by atoms with van der Waals surface area (Å²) in [6.07, 6.45) is 1.36. The molecular formula is C22H29NO6. The molecule has 7 nitrogen and oxygen atoms in total. The lowest BCUT2D eigenvalue weighted by Crippen LogP contribution is -2.49. The maximum absolute atomic E-state index is 12.5. The summed E-state index contributed by atoms with van der Waals surface area (Å²) in [4.78, 5) is 35.8. The van der Waals surface area contributed by atoms with Crippen LogP contribution in [0.2, 0.25) is 0 Å². The Bertz CT molecular complexity index is 948. The van der Waals surface area contributed by atoms with Crippen LogP contribution in [0.15, 0.2) is 27.4 Å². The molecule has 1 heterocycles. The predicted octanol–water partition coefficient (Wildman–Crippen LogP) is 3.44. The van der Waals surface area contributed by atoms with Gasteiger partial charge < -0.3 is 19.6 Å². The summed E-state index contributed by atoms with van der Waals surface area (Å²) in [5, 5.41) is 12.7. The van der Waals surface area contributed by atoms with Crippen LogP contribution in [0.25, 0.3) is 11.0 Å². The van der Waals surface area contributed by atoms with E-state index in [1.807, 2.05) is 19.9 Å². The van der Waals surface area contributed by atoms with Crippen molar-refractivity contribution in [3.05, 3.63) is 39.7 Å². The minimum absolute atomic E-state index is 0.211. The van der Waals surface area contributed by atoms with Gasteiger partial charge in [0.25, 0.3) is 5.91 Å². The van der Waals surface area contributed by atoms with Crippen molar-refractivity contribution in [1.29, 1.82) is 0 Å². The third-order valence-electron chi connectivity index (χ3n) is 5.17. The molecule has 1 aromatic heterocycles. The highest BCUT2D eigenvalue weighted by Gasteiger charge is 2.28. The molecule has 1 aromatic carbocycles. The van der Waals surface area contributed by atoms with Gasteiger partial charge in [-0.05, 0) is 43.9 Å². The highest BCUT2D eigenvalue weighted by Crippen LogP contribution is 2.29. The average molecular weight is 403 g/mol. The SMILES string of the molecule is CCCc1cc(=O)oc2c(C)c(OC(C)C(=O)N[C@H](C(=O)O)[C@@H](C)CC)ccc12. The van der Waals surface area contributed by atoms with Gasteiger partial charge in [-0.3, -0.25) is 4.79 Å². The number of carboxylic acids is 1. The normalized spacial score (nSPS) is 14.2. The molecule has 158 valence electrons. The van der Waals surface area contributed by atoms with Crippen LogP contribution in [0.1, 0.15) is 51.7 Å². The molecule has 7 heteroatoms. The maximum Gasteiger partial charge on any atom is 0.336 e. The first-order valence-electron chi connectivity index (χ1n) is 9.95. The molecule has 2 aromatic rings. The Kier molecular flexibility index (Phi) is 7.42. The predicted molar refractivity (Wildman–Crippen MR) is 110 cm³/mol. The molecule has 29 heavy (non-hydrogen) atoms. The van der Waals surface area contributed by atoms with Crippen molar-refractivity contribution in [2.75, 3.05) is 0 Å². The molecule has 0 saturated carbocycles. The number of hydrogen-bond acceptors (Lipinski definition) is 5. The van der Waals surface area contributed by atoms with Crippen molar-refractivity contribution in [2.24, 2.45) is 5.92 Å². The zero-order valence-corrected chi connectivity index (χ0v) is 17.6. The largest absolute Gasteiger partial charge is 0.480 e. The van der Waals surface area contributed by atoms with Crippen molar-refractivity contribution in [3.63, 3.8) is 0 Å². The van der Waals surface area contributed by atoms with Crippen LogP contribution in [0.5, 0.6) is 5.75 Å². The second-order valence-corrected chi connectivity index (χ2v) is 7.38. The van der Waals surface area contributed by atoms with E-state index < -0.39 is 29.6 Å². The van der Waals surface area contributed by atoms with Crippen molar-refractivity contribution >= 4 is 22.8 Å². The fourth-order valence-corrected chi connectivity index (χ4v) is 3.21. The molecule has 0 aliphatic carbocycles. The summed E-state index contributed by atoms with van der Waals surface area (Å²) in [5.74, 6) is -1.39. The first-order valence-corrected chi connectivity index (χ1v) is 9.95. The van der Waals surface area contributed by atoms with E-state index in [0.717, 1.165) is 23.8 Å². The van der Waals surface area contributed by atoms with Crippen molar-refractivity contribution in [3.8, 4) is 5.75 Å². The van der Waals surface area contributed by atoms with Gasteiger partial charge in [0.2, 0.25) is 0 Å². The number of carboxylic acid groups (broad SMARTS) is 1. The van der Waals surface area contributed by atoms with E-state index in [-0.39, 0.29) is 5.92 Å². The topological polar surface area (TPSA) is 106 Å². The Labute approximate surface area is 170 Å². The number of nitrogens with one attached hydrogen (secondary N) is 1. The standard InChI is InChI=1S/C22H29NO6/c1-6-8-15-11-18(24)29-20-13(4)17(10-9-16(15)20)28-14(5)21(25)23-19(22(26)27)12(3)7-2/h9-12,14,19H,6-8H2,1-5H3,(H,23,25)(H,26,27)/t12-,14?,19-/m0/s1. The molecule has 0 bridgehead atoms. The maximum atomic E-state index is 12.5. The van der Waals surface area contributed by atoms with Crippen LogP contribution in [-0.4, -0.2) is 29.1 Å². The number of amides is 1. The van der Waals surface area contributed by atoms with Gasteiger partial charge in [0.15, 0.2) is 6.10 Å². The zero-order chi connectivity index (χ0) is 21.7. The highest BCUT2D eigenvalue weighted by molar-refractivity contribution is 5.87. The highest BCUT2D eigenvalue weighted by atomic mass is 16.5. The van der Waals surface area contributed by atoms with E-state index in [2.05, 4.69) is 5.32 Å². The van der Waals surface area contributed by atoms with Crippen LogP contribution in [-0.2, 0) is 16.0 Å². The molecule has 0 radical (unpaired) electrons. The summed E-state index contributed by atoms with van der Waals surface area (Å²) in [7, 11) is 0. The quantitative estimate of drug-likeness (QED) is 0.621. The van der Waals surface area contributed by atoms with Crippen LogP contribution in [0, 0.1) is 12.8 Å². The molecule has 3 atom stereocenters. The number of aryl methyl sites for hydroxylation is 2. The van der Waals surface area contributed by atoms with Gasteiger partial charge in [0.1, 0.15) is 17.4 Å². The number of aliphatic carboxylic acids is 1. The van der Waals surface area contributed by atoms with E-state index in [9.17, 15) is 19.5 Å². The summed E-state index contributed by atoms with van der Waals surface area (Å²) < 4.78 is 11.2. The van der Waals surface area contributed by atoms with Gasteiger partial charge in [0, 0.05) is 17.0 Å². The van der Waals surface area contributed by atoms with Gasteiger partial charge in [-0.2, -0.15) is 0 Å². The zero-order valence-electron chi connectivity index (χ0n) is 17.6. The number of benzene rings is 1. The van der Waals surface area contributed by atoms with E-state index >= 15 is 0 Å². The summed E-state index contributed by atoms with van der Waals surface area (Å²) in [6.45, 7) is 8.99. The molecule has 0 fully saturated rings. The van der Waals surface area contributed by atoms with Crippen LogP contribution >= 0.6 is 0 Å².